The second-order valence-electron chi connectivity index (χ2n) is 4.45. The van der Waals surface area contributed by atoms with Crippen LogP contribution in [-0.2, 0) is 17.6 Å². The number of aromatic amines is 1. The Hall–Kier alpha value is -2.19. The highest BCUT2D eigenvalue weighted by Gasteiger charge is 2.28. The fraction of sp³-hybridized carbons (Fsp3) is 0.286. The monoisotopic (exact) mass is 257 g/mol. The molecule has 2 heterocycles. The van der Waals surface area contributed by atoms with Gasteiger partial charge in [-0.15, -0.1) is 0 Å². The van der Waals surface area contributed by atoms with Gasteiger partial charge in [0.05, 0.1) is 24.8 Å². The number of nitrogens with zero attached hydrogens (tertiary/aromatic N) is 2. The first-order valence-electron chi connectivity index (χ1n) is 6.09. The second-order valence-corrected chi connectivity index (χ2v) is 4.45. The molecule has 0 amide bonds. The third kappa shape index (κ3) is 2.00. The molecule has 5 heteroatoms. The molecule has 1 aromatic carbocycles. The third-order valence-electron chi connectivity index (χ3n) is 3.32. The van der Waals surface area contributed by atoms with Crippen molar-refractivity contribution in [2.45, 2.75) is 18.9 Å². The maximum Gasteiger partial charge on any atom is 0.133 e. The van der Waals surface area contributed by atoms with Gasteiger partial charge in [0, 0.05) is 17.3 Å². The van der Waals surface area contributed by atoms with E-state index in [0.717, 1.165) is 17.7 Å². The van der Waals surface area contributed by atoms with Crippen LogP contribution in [0, 0.1) is 17.1 Å². The number of fused-ring (bicyclic) bond motifs is 1. The predicted molar refractivity (Wildman–Crippen MR) is 65.8 cm³/mol. The molecule has 1 aliphatic heterocycles. The molecule has 1 N–H and O–H groups in total. The summed E-state index contributed by atoms with van der Waals surface area (Å²) < 4.78 is 20.0. The maximum absolute atomic E-state index is 14.4. The molecule has 0 fully saturated rings. The Bertz CT molecular complexity index is 644. The molecule has 2 aromatic rings. The summed E-state index contributed by atoms with van der Waals surface area (Å²) in [6.07, 6.45) is 2.16. The summed E-state index contributed by atoms with van der Waals surface area (Å²) in [5.41, 5.74) is 2.63. The van der Waals surface area contributed by atoms with Gasteiger partial charge in [-0.05, 0) is 12.0 Å². The van der Waals surface area contributed by atoms with Crippen LogP contribution in [0.5, 0.6) is 0 Å². The van der Waals surface area contributed by atoms with Crippen LogP contribution in [-0.4, -0.2) is 16.8 Å². The molecule has 0 radical (unpaired) electrons. The lowest BCUT2D eigenvalue weighted by molar-refractivity contribution is 0.0646. The Morgan fingerprint density at radius 1 is 1.53 bits per heavy atom. The van der Waals surface area contributed by atoms with Crippen LogP contribution in [0.25, 0.3) is 0 Å². The zero-order chi connectivity index (χ0) is 13.2. The van der Waals surface area contributed by atoms with Gasteiger partial charge in [-0.3, -0.25) is 5.10 Å². The molecular formula is C14H12FN3O. The average molecular weight is 257 g/mol. The minimum absolute atomic E-state index is 0.0554. The zero-order valence-electron chi connectivity index (χ0n) is 10.2. The Balaban J connectivity index is 2.05. The number of nitriles is 1. The van der Waals surface area contributed by atoms with Crippen LogP contribution in [0.3, 0.4) is 0 Å². The second kappa shape index (κ2) is 4.82. The summed E-state index contributed by atoms with van der Waals surface area (Å²) in [4.78, 5) is 0. The molecule has 19 heavy (non-hydrogen) atoms. The lowest BCUT2D eigenvalue weighted by Gasteiger charge is -2.23. The number of benzene rings is 1. The van der Waals surface area contributed by atoms with Gasteiger partial charge in [0.1, 0.15) is 11.9 Å². The number of rotatable bonds is 2. The summed E-state index contributed by atoms with van der Waals surface area (Å²) in [6, 6.07) is 7.02. The molecule has 0 saturated carbocycles. The smallest absolute Gasteiger partial charge is 0.133 e. The van der Waals surface area contributed by atoms with E-state index in [2.05, 4.69) is 10.2 Å². The first-order chi connectivity index (χ1) is 9.31. The molecular weight excluding hydrogens is 245 g/mol. The molecule has 96 valence electrons. The molecule has 1 atom stereocenters. The highest BCUT2D eigenvalue weighted by molar-refractivity contribution is 5.36. The number of hydrogen-bond acceptors (Lipinski definition) is 3. The zero-order valence-corrected chi connectivity index (χ0v) is 10.2. The van der Waals surface area contributed by atoms with Gasteiger partial charge in [0.15, 0.2) is 0 Å². The van der Waals surface area contributed by atoms with E-state index in [9.17, 15) is 4.39 Å². The standard InChI is InChI=1S/C14H12FN3O/c15-12-9(4-6-16)2-1-3-11(12)14-13-10(5-7-19-14)8-17-18-13/h1-3,8,14H,4-5,7H2,(H,17,18). The summed E-state index contributed by atoms with van der Waals surface area (Å²) in [5, 5.41) is 15.6. The minimum Gasteiger partial charge on any atom is -0.367 e. The minimum atomic E-state index is -0.492. The molecule has 0 bridgehead atoms. The summed E-state index contributed by atoms with van der Waals surface area (Å²) in [7, 11) is 0. The van der Waals surface area contributed by atoms with Crippen molar-refractivity contribution < 1.29 is 9.13 Å². The van der Waals surface area contributed by atoms with Gasteiger partial charge in [-0.1, -0.05) is 18.2 Å². The Morgan fingerprint density at radius 3 is 3.26 bits per heavy atom. The molecule has 1 unspecified atom stereocenters. The van der Waals surface area contributed by atoms with E-state index >= 15 is 0 Å². The van der Waals surface area contributed by atoms with E-state index < -0.39 is 6.10 Å². The van der Waals surface area contributed by atoms with Crippen LogP contribution in [0.4, 0.5) is 4.39 Å². The lowest BCUT2D eigenvalue weighted by Crippen LogP contribution is -2.18. The quantitative estimate of drug-likeness (QED) is 0.897. The van der Waals surface area contributed by atoms with Crippen LogP contribution >= 0.6 is 0 Å². The average Bonchev–Trinajstić information content (AvgIpc) is 2.90. The molecule has 0 spiro atoms. The van der Waals surface area contributed by atoms with E-state index in [4.69, 9.17) is 10.00 Å². The van der Waals surface area contributed by atoms with Crippen LogP contribution in [0.1, 0.15) is 28.5 Å². The Kier molecular flexibility index (Phi) is 3.02. The van der Waals surface area contributed by atoms with Crippen LogP contribution < -0.4 is 0 Å². The Labute approximate surface area is 109 Å². The Morgan fingerprint density at radius 2 is 2.42 bits per heavy atom. The summed E-state index contributed by atoms with van der Waals surface area (Å²) >= 11 is 0. The first kappa shape index (κ1) is 11.9. The molecule has 1 aromatic heterocycles. The van der Waals surface area contributed by atoms with Gasteiger partial charge in [0.25, 0.3) is 0 Å². The third-order valence-corrected chi connectivity index (χ3v) is 3.32. The van der Waals surface area contributed by atoms with Crippen molar-refractivity contribution in [3.8, 4) is 6.07 Å². The number of halogens is 1. The molecule has 0 saturated heterocycles. The molecule has 4 nitrogen and oxygen atoms in total. The van der Waals surface area contributed by atoms with E-state index in [1.807, 2.05) is 12.3 Å². The first-order valence-corrected chi connectivity index (χ1v) is 6.09. The molecule has 1 aliphatic rings. The summed E-state index contributed by atoms with van der Waals surface area (Å²) in [6.45, 7) is 0.541. The van der Waals surface area contributed by atoms with Crippen LogP contribution in [0.15, 0.2) is 24.4 Å². The van der Waals surface area contributed by atoms with E-state index in [-0.39, 0.29) is 12.2 Å². The highest BCUT2D eigenvalue weighted by atomic mass is 19.1. The van der Waals surface area contributed by atoms with Crippen molar-refractivity contribution in [1.82, 2.24) is 10.2 Å². The summed E-state index contributed by atoms with van der Waals surface area (Å²) in [5.74, 6) is -0.370. The van der Waals surface area contributed by atoms with Crippen molar-refractivity contribution in [3.63, 3.8) is 0 Å². The maximum atomic E-state index is 14.4. The van der Waals surface area contributed by atoms with Gasteiger partial charge in [0.2, 0.25) is 0 Å². The normalized spacial score (nSPS) is 17.8. The highest BCUT2D eigenvalue weighted by Crippen LogP contribution is 2.33. The topological polar surface area (TPSA) is 61.7 Å². The van der Waals surface area contributed by atoms with E-state index in [0.29, 0.717) is 17.7 Å². The largest absolute Gasteiger partial charge is 0.367 e. The fourth-order valence-electron chi connectivity index (χ4n) is 2.38. The number of ether oxygens (including phenoxy) is 1. The molecule has 3 rings (SSSR count). The van der Waals surface area contributed by atoms with Crippen molar-refractivity contribution in [3.05, 3.63) is 52.6 Å². The number of nitrogens with one attached hydrogen (secondary N) is 1. The van der Waals surface area contributed by atoms with Gasteiger partial charge in [-0.2, -0.15) is 10.4 Å². The van der Waals surface area contributed by atoms with Crippen molar-refractivity contribution in [2.75, 3.05) is 6.61 Å². The van der Waals surface area contributed by atoms with Gasteiger partial charge in [-0.25, -0.2) is 4.39 Å². The van der Waals surface area contributed by atoms with Crippen LogP contribution in [0.2, 0.25) is 0 Å². The molecule has 0 aliphatic carbocycles. The SMILES string of the molecule is N#CCc1cccc(C2OCCc3c[nH]nc32)c1F. The van der Waals surface area contributed by atoms with Gasteiger partial charge < -0.3 is 4.74 Å². The number of hydrogen-bond donors (Lipinski definition) is 1. The van der Waals surface area contributed by atoms with E-state index in [1.165, 1.54) is 0 Å². The van der Waals surface area contributed by atoms with Gasteiger partial charge >= 0.3 is 0 Å². The number of H-pyrrole nitrogens is 1. The van der Waals surface area contributed by atoms with Crippen molar-refractivity contribution in [1.29, 1.82) is 5.26 Å². The van der Waals surface area contributed by atoms with Crippen molar-refractivity contribution >= 4 is 0 Å². The fourth-order valence-corrected chi connectivity index (χ4v) is 2.38. The van der Waals surface area contributed by atoms with E-state index in [1.54, 1.807) is 18.2 Å². The number of aromatic nitrogens is 2. The lowest BCUT2D eigenvalue weighted by atomic mass is 9.97. The predicted octanol–water partition coefficient (Wildman–Crippen LogP) is 2.28. The van der Waals surface area contributed by atoms with Crippen molar-refractivity contribution in [2.24, 2.45) is 0 Å².